The molecule has 0 saturated carbocycles. The van der Waals surface area contributed by atoms with Crippen molar-refractivity contribution in [3.05, 3.63) is 101 Å². The Labute approximate surface area is 213 Å². The average molecular weight is 498 g/mol. The Morgan fingerprint density at radius 3 is 2.14 bits per heavy atom. The van der Waals surface area contributed by atoms with Crippen LogP contribution in [0.3, 0.4) is 0 Å². The Balaban J connectivity index is 1.68. The maximum atomic E-state index is 11.0. The second-order valence-corrected chi connectivity index (χ2v) is 9.13. The Morgan fingerprint density at radius 2 is 1.49 bits per heavy atom. The minimum absolute atomic E-state index is 0.0759. The van der Waals surface area contributed by atoms with Crippen molar-refractivity contribution in [2.45, 2.75) is 38.5 Å². The molecule has 0 amide bonds. The Bertz CT molecular complexity index is 999. The van der Waals surface area contributed by atoms with Gasteiger partial charge in [-0.1, -0.05) is 66.2 Å². The van der Waals surface area contributed by atoms with E-state index in [1.165, 1.54) is 0 Å². The van der Waals surface area contributed by atoms with Gasteiger partial charge in [-0.2, -0.15) is 0 Å². The quantitative estimate of drug-likeness (QED) is 0.290. The molecule has 0 aliphatic carbocycles. The van der Waals surface area contributed by atoms with E-state index < -0.39 is 12.2 Å². The fourth-order valence-electron chi connectivity index (χ4n) is 4.03. The summed E-state index contributed by atoms with van der Waals surface area (Å²) in [5.74, 6) is 0.814. The highest BCUT2D eigenvalue weighted by Crippen LogP contribution is 2.23. The zero-order valence-electron chi connectivity index (χ0n) is 20.5. The van der Waals surface area contributed by atoms with Crippen molar-refractivity contribution in [1.82, 2.24) is 4.90 Å². The predicted octanol–water partition coefficient (Wildman–Crippen LogP) is 5.46. The molecule has 0 bridgehead atoms. The first kappa shape index (κ1) is 27.2. The molecule has 3 rings (SSSR count). The minimum Gasteiger partial charge on any atom is -0.491 e. The first-order valence-electron chi connectivity index (χ1n) is 12.2. The highest BCUT2D eigenvalue weighted by Gasteiger charge is 2.23. The Morgan fingerprint density at radius 1 is 0.829 bits per heavy atom. The number of hydrogen-bond donors (Lipinski definition) is 2. The summed E-state index contributed by atoms with van der Waals surface area (Å²) in [5.41, 5.74) is 2.78. The van der Waals surface area contributed by atoms with Gasteiger partial charge in [0.1, 0.15) is 12.4 Å². The van der Waals surface area contributed by atoms with Crippen molar-refractivity contribution in [2.75, 3.05) is 32.9 Å². The Hall–Kier alpha value is -2.41. The maximum Gasteiger partial charge on any atom is 0.119 e. The van der Waals surface area contributed by atoms with E-state index in [4.69, 9.17) is 21.1 Å². The molecule has 0 saturated heterocycles. The van der Waals surface area contributed by atoms with Crippen LogP contribution in [-0.2, 0) is 11.2 Å². The van der Waals surface area contributed by atoms with Gasteiger partial charge in [0.05, 0.1) is 18.8 Å². The van der Waals surface area contributed by atoms with Crippen molar-refractivity contribution in [3.8, 4) is 5.75 Å². The first-order valence-corrected chi connectivity index (χ1v) is 12.5. The number of nitrogens with zero attached hydrogens (tertiary/aromatic N) is 1. The zero-order chi connectivity index (χ0) is 25.0. The van der Waals surface area contributed by atoms with Crippen molar-refractivity contribution >= 4 is 11.6 Å². The third-order valence-corrected chi connectivity index (χ3v) is 6.25. The molecule has 5 nitrogen and oxygen atoms in total. The largest absolute Gasteiger partial charge is 0.491 e. The van der Waals surface area contributed by atoms with Gasteiger partial charge in [-0.05, 0) is 61.2 Å². The van der Waals surface area contributed by atoms with Gasteiger partial charge >= 0.3 is 0 Å². The normalized spacial score (nSPS) is 14.0. The molecule has 0 aliphatic rings. The number of aliphatic hydroxyl groups excluding tert-OH is 2. The lowest BCUT2D eigenvalue weighted by Gasteiger charge is -2.33. The monoisotopic (exact) mass is 497 g/mol. The zero-order valence-corrected chi connectivity index (χ0v) is 21.3. The molecule has 2 unspecified atom stereocenters. The van der Waals surface area contributed by atoms with Gasteiger partial charge < -0.3 is 19.7 Å². The van der Waals surface area contributed by atoms with Crippen LogP contribution in [0.1, 0.15) is 42.7 Å². The molecular formula is C29H36ClNO4. The lowest BCUT2D eigenvalue weighted by molar-refractivity contribution is 0.0480. The van der Waals surface area contributed by atoms with Crippen LogP contribution in [0.25, 0.3) is 0 Å². The fraction of sp³-hybridized carbons (Fsp3) is 0.379. The van der Waals surface area contributed by atoms with Crippen LogP contribution >= 0.6 is 11.6 Å². The molecule has 0 aliphatic heterocycles. The molecule has 0 aromatic heterocycles. The maximum absolute atomic E-state index is 11.0. The van der Waals surface area contributed by atoms with Crippen molar-refractivity contribution in [3.63, 3.8) is 0 Å². The average Bonchev–Trinajstić information content (AvgIpc) is 2.87. The lowest BCUT2D eigenvalue weighted by atomic mass is 10.0. The summed E-state index contributed by atoms with van der Waals surface area (Å²) < 4.78 is 11.0. The first-order chi connectivity index (χ1) is 17.0. The van der Waals surface area contributed by atoms with E-state index in [2.05, 4.69) is 24.0 Å². The molecule has 188 valence electrons. The van der Waals surface area contributed by atoms with E-state index in [1.54, 1.807) is 12.1 Å². The number of hydrogen-bond acceptors (Lipinski definition) is 5. The summed E-state index contributed by atoms with van der Waals surface area (Å²) in [6.45, 7) is 6.65. The van der Waals surface area contributed by atoms with Crippen LogP contribution in [0.4, 0.5) is 0 Å². The molecule has 6 heteroatoms. The molecule has 3 atom stereocenters. The topological polar surface area (TPSA) is 62.2 Å². The second kappa shape index (κ2) is 14.2. The molecule has 3 aromatic carbocycles. The van der Waals surface area contributed by atoms with Gasteiger partial charge in [-0.3, -0.25) is 4.90 Å². The summed E-state index contributed by atoms with van der Waals surface area (Å²) in [6, 6.07) is 25.0. The van der Waals surface area contributed by atoms with Crippen LogP contribution in [0.2, 0.25) is 5.02 Å². The number of aliphatic hydroxyl groups is 2. The van der Waals surface area contributed by atoms with E-state index in [1.807, 2.05) is 61.5 Å². The van der Waals surface area contributed by atoms with E-state index in [0.717, 1.165) is 28.9 Å². The third-order valence-electron chi connectivity index (χ3n) is 6.01. The molecule has 0 radical (unpaired) electrons. The predicted molar refractivity (Wildman–Crippen MR) is 141 cm³/mol. The van der Waals surface area contributed by atoms with Crippen molar-refractivity contribution in [2.24, 2.45) is 0 Å². The molecule has 0 spiro atoms. The highest BCUT2D eigenvalue weighted by atomic mass is 35.5. The van der Waals surface area contributed by atoms with E-state index in [-0.39, 0.29) is 6.04 Å². The summed E-state index contributed by atoms with van der Waals surface area (Å²) in [4.78, 5) is 2.13. The van der Waals surface area contributed by atoms with Crippen LogP contribution in [-0.4, -0.2) is 54.1 Å². The van der Waals surface area contributed by atoms with E-state index in [0.29, 0.717) is 37.9 Å². The molecule has 2 N–H and O–H groups in total. The van der Waals surface area contributed by atoms with Gasteiger partial charge in [-0.25, -0.2) is 0 Å². The summed E-state index contributed by atoms with van der Waals surface area (Å²) in [6.07, 6.45) is -0.616. The summed E-state index contributed by atoms with van der Waals surface area (Å²) >= 11 is 6.14. The molecule has 0 fully saturated rings. The highest BCUT2D eigenvalue weighted by molar-refractivity contribution is 6.30. The van der Waals surface area contributed by atoms with Gasteiger partial charge in [0.2, 0.25) is 0 Å². The van der Waals surface area contributed by atoms with Crippen LogP contribution in [0.15, 0.2) is 78.9 Å². The van der Waals surface area contributed by atoms with Gasteiger partial charge in [0.25, 0.3) is 0 Å². The summed E-state index contributed by atoms with van der Waals surface area (Å²) in [5, 5.41) is 22.5. The van der Waals surface area contributed by atoms with E-state index >= 15 is 0 Å². The van der Waals surface area contributed by atoms with Crippen LogP contribution in [0, 0.1) is 0 Å². The fourth-order valence-corrected chi connectivity index (χ4v) is 4.23. The van der Waals surface area contributed by atoms with Gasteiger partial charge in [0.15, 0.2) is 0 Å². The van der Waals surface area contributed by atoms with Gasteiger partial charge in [-0.15, -0.1) is 0 Å². The molecule has 0 heterocycles. The number of benzene rings is 3. The number of halogens is 1. The van der Waals surface area contributed by atoms with E-state index in [9.17, 15) is 10.2 Å². The molecular weight excluding hydrogens is 462 g/mol. The Kier molecular flexibility index (Phi) is 11.0. The third kappa shape index (κ3) is 8.95. The SMILES string of the molecule is CCOCCOc1ccc(C[C@@H](C)N(CC(O)c2ccccc2)CC(O)c2cccc(Cl)c2)cc1. The van der Waals surface area contributed by atoms with Crippen LogP contribution in [0.5, 0.6) is 5.75 Å². The van der Waals surface area contributed by atoms with Gasteiger partial charge in [0, 0.05) is 30.8 Å². The summed E-state index contributed by atoms with van der Waals surface area (Å²) in [7, 11) is 0. The lowest BCUT2D eigenvalue weighted by Crippen LogP contribution is -2.40. The smallest absolute Gasteiger partial charge is 0.119 e. The van der Waals surface area contributed by atoms with Crippen molar-refractivity contribution in [1.29, 1.82) is 0 Å². The molecule has 35 heavy (non-hydrogen) atoms. The second-order valence-electron chi connectivity index (χ2n) is 8.69. The van der Waals surface area contributed by atoms with Crippen LogP contribution < -0.4 is 4.74 Å². The number of rotatable bonds is 14. The minimum atomic E-state index is -0.722. The standard InChI is InChI=1S/C29H36ClNO4/c1-3-34-16-17-35-27-14-12-23(13-15-27)18-22(2)31(20-28(32)24-8-5-4-6-9-24)21-29(33)25-10-7-11-26(30)19-25/h4-15,19,22,28-29,32-33H,3,16-18,20-21H2,1-2H3/t22-,28?,29?/m1/s1. The molecule has 3 aromatic rings. The number of ether oxygens (including phenoxy) is 2. The van der Waals surface area contributed by atoms with Crippen molar-refractivity contribution < 1.29 is 19.7 Å².